The first-order chi connectivity index (χ1) is 5.27. The van der Waals surface area contributed by atoms with Crippen LogP contribution in [0.3, 0.4) is 0 Å². The fourth-order valence-corrected chi connectivity index (χ4v) is 1.25. The van der Waals surface area contributed by atoms with Crippen LogP contribution < -0.4 is 0 Å². The molecule has 2 aromatic rings. The predicted molar refractivity (Wildman–Crippen MR) is 51.8 cm³/mol. The van der Waals surface area contributed by atoms with Gasteiger partial charge in [-0.2, -0.15) is 0 Å². The third-order valence-corrected chi connectivity index (χ3v) is 1.87. The molecule has 0 bridgehead atoms. The van der Waals surface area contributed by atoms with E-state index in [0.29, 0.717) is 5.75 Å². The summed E-state index contributed by atoms with van der Waals surface area (Å²) in [6.07, 6.45) is 1.98. The number of rotatable bonds is 0. The largest absolute Gasteiger partial charge is 0.508 e. The molecule has 0 spiro atoms. The van der Waals surface area contributed by atoms with E-state index in [4.69, 9.17) is 5.11 Å². The molecule has 0 atom stereocenters. The summed E-state index contributed by atoms with van der Waals surface area (Å²) >= 11 is 0. The molecule has 0 radical (unpaired) electrons. The second kappa shape index (κ2) is 3.07. The minimum Gasteiger partial charge on any atom is -0.508 e. The molecule has 0 unspecified atom stereocenters. The predicted octanol–water partition coefficient (Wildman–Crippen LogP) is 2.31. The van der Waals surface area contributed by atoms with Gasteiger partial charge in [0.2, 0.25) is 0 Å². The molecule has 0 aliphatic carbocycles. The number of aromatic nitrogens is 1. The summed E-state index contributed by atoms with van der Waals surface area (Å²) in [6.45, 7) is 0. The molecule has 3 heteroatoms. The van der Waals surface area contributed by atoms with Gasteiger partial charge < -0.3 is 9.67 Å². The van der Waals surface area contributed by atoms with Gasteiger partial charge in [-0.3, -0.25) is 0 Å². The van der Waals surface area contributed by atoms with Crippen LogP contribution in [0.25, 0.3) is 10.9 Å². The third kappa shape index (κ3) is 1.25. The maximum atomic E-state index is 9.16. The van der Waals surface area contributed by atoms with E-state index in [1.54, 1.807) is 12.1 Å². The van der Waals surface area contributed by atoms with Crippen LogP contribution in [0.15, 0.2) is 30.5 Å². The quantitative estimate of drug-likeness (QED) is 0.666. The zero-order valence-corrected chi connectivity index (χ0v) is 7.51. The van der Waals surface area contributed by atoms with E-state index in [1.807, 2.05) is 29.9 Å². The Hall–Kier alpha value is -1.15. The topological polar surface area (TPSA) is 25.2 Å². The van der Waals surface area contributed by atoms with E-state index in [9.17, 15) is 0 Å². The summed E-state index contributed by atoms with van der Waals surface area (Å²) in [4.78, 5) is 0. The maximum Gasteiger partial charge on any atom is 0.117 e. The van der Waals surface area contributed by atoms with Crippen molar-refractivity contribution in [3.8, 4) is 5.75 Å². The zero-order valence-electron chi connectivity index (χ0n) is 6.69. The Balaban J connectivity index is 0.000000720. The molecule has 0 saturated heterocycles. The molecule has 2 rings (SSSR count). The number of hydrogen-bond donors (Lipinski definition) is 1. The van der Waals surface area contributed by atoms with Gasteiger partial charge in [0.1, 0.15) is 5.75 Å². The van der Waals surface area contributed by atoms with Crippen LogP contribution in [-0.2, 0) is 7.05 Å². The summed E-state index contributed by atoms with van der Waals surface area (Å²) in [7, 11) is 1.96. The number of halogens is 1. The molecular formula is C9H10ClNO. The molecule has 0 aliphatic rings. The first-order valence-electron chi connectivity index (χ1n) is 3.51. The van der Waals surface area contributed by atoms with E-state index in [-0.39, 0.29) is 12.4 Å². The van der Waals surface area contributed by atoms with Gasteiger partial charge >= 0.3 is 0 Å². The van der Waals surface area contributed by atoms with E-state index < -0.39 is 0 Å². The van der Waals surface area contributed by atoms with Crippen LogP contribution in [-0.4, -0.2) is 9.67 Å². The smallest absolute Gasteiger partial charge is 0.117 e. The van der Waals surface area contributed by atoms with Crippen molar-refractivity contribution in [2.24, 2.45) is 7.05 Å². The average molecular weight is 184 g/mol. The lowest BCUT2D eigenvalue weighted by Gasteiger charge is -1.95. The number of phenolic OH excluding ortho intramolecular Hbond substituents is 1. The Bertz CT molecular complexity index is 394. The van der Waals surface area contributed by atoms with Gasteiger partial charge in [0.25, 0.3) is 0 Å². The molecule has 12 heavy (non-hydrogen) atoms. The van der Waals surface area contributed by atoms with Gasteiger partial charge in [-0.25, -0.2) is 0 Å². The number of hydrogen-bond acceptors (Lipinski definition) is 1. The van der Waals surface area contributed by atoms with Crippen molar-refractivity contribution in [3.63, 3.8) is 0 Å². The lowest BCUT2D eigenvalue weighted by atomic mass is 10.2. The Morgan fingerprint density at radius 2 is 2.00 bits per heavy atom. The van der Waals surface area contributed by atoms with E-state index >= 15 is 0 Å². The maximum absolute atomic E-state index is 9.16. The highest BCUT2D eigenvalue weighted by Crippen LogP contribution is 2.19. The Morgan fingerprint density at radius 1 is 1.25 bits per heavy atom. The lowest BCUT2D eigenvalue weighted by Crippen LogP contribution is -1.82. The van der Waals surface area contributed by atoms with E-state index in [2.05, 4.69) is 0 Å². The van der Waals surface area contributed by atoms with Gasteiger partial charge in [-0.15, -0.1) is 12.4 Å². The van der Waals surface area contributed by atoms with Crippen molar-refractivity contribution in [2.45, 2.75) is 0 Å². The van der Waals surface area contributed by atoms with Crippen molar-refractivity contribution in [1.29, 1.82) is 0 Å². The van der Waals surface area contributed by atoms with Gasteiger partial charge in [0.15, 0.2) is 0 Å². The highest BCUT2D eigenvalue weighted by Gasteiger charge is 1.96. The number of aryl methyl sites for hydroxylation is 1. The average Bonchev–Trinajstić information content (AvgIpc) is 2.33. The summed E-state index contributed by atoms with van der Waals surface area (Å²) in [6, 6.07) is 7.39. The van der Waals surface area contributed by atoms with Crippen LogP contribution in [0.2, 0.25) is 0 Å². The zero-order chi connectivity index (χ0) is 7.84. The van der Waals surface area contributed by atoms with Crippen molar-refractivity contribution in [2.75, 3.05) is 0 Å². The molecule has 0 amide bonds. The van der Waals surface area contributed by atoms with Crippen LogP contribution in [0.4, 0.5) is 0 Å². The molecule has 0 fully saturated rings. The first-order valence-corrected chi connectivity index (χ1v) is 3.51. The molecule has 1 N–H and O–H groups in total. The lowest BCUT2D eigenvalue weighted by molar-refractivity contribution is 0.476. The molecule has 0 aliphatic heterocycles. The summed E-state index contributed by atoms with van der Waals surface area (Å²) < 4.78 is 1.98. The van der Waals surface area contributed by atoms with Crippen LogP contribution in [0.1, 0.15) is 0 Å². The standard InChI is InChI=1S/C9H9NO.ClH/c1-10-5-4-7-2-3-8(11)6-9(7)10;/h2-6,11H,1H3;1H. The number of nitrogens with zero attached hydrogens (tertiary/aromatic N) is 1. The highest BCUT2D eigenvalue weighted by atomic mass is 35.5. The third-order valence-electron chi connectivity index (χ3n) is 1.87. The summed E-state index contributed by atoms with van der Waals surface area (Å²) in [5.74, 6) is 0.319. The summed E-state index contributed by atoms with van der Waals surface area (Å²) in [5, 5.41) is 10.3. The molecule has 0 saturated carbocycles. The van der Waals surface area contributed by atoms with E-state index in [1.165, 1.54) is 0 Å². The molecule has 1 aromatic heterocycles. The Labute approximate surface area is 76.8 Å². The number of phenols is 1. The second-order valence-electron chi connectivity index (χ2n) is 2.67. The van der Waals surface area contributed by atoms with Crippen molar-refractivity contribution >= 4 is 23.3 Å². The Kier molecular flexibility index (Phi) is 2.29. The first kappa shape index (κ1) is 8.94. The monoisotopic (exact) mass is 183 g/mol. The molecule has 1 heterocycles. The van der Waals surface area contributed by atoms with Gasteiger partial charge in [0, 0.05) is 19.3 Å². The minimum atomic E-state index is 0. The van der Waals surface area contributed by atoms with Gasteiger partial charge in [-0.05, 0) is 23.6 Å². The SMILES string of the molecule is Cl.Cn1ccc2ccc(O)cc21. The number of fused-ring (bicyclic) bond motifs is 1. The fourth-order valence-electron chi connectivity index (χ4n) is 1.25. The normalized spacial score (nSPS) is 9.75. The van der Waals surface area contributed by atoms with E-state index in [0.717, 1.165) is 10.9 Å². The summed E-state index contributed by atoms with van der Waals surface area (Å²) in [5.41, 5.74) is 1.06. The minimum absolute atomic E-state index is 0. The molecular weight excluding hydrogens is 174 g/mol. The Morgan fingerprint density at radius 3 is 2.75 bits per heavy atom. The number of aromatic hydroxyl groups is 1. The van der Waals surface area contributed by atoms with Crippen LogP contribution in [0, 0.1) is 0 Å². The van der Waals surface area contributed by atoms with Crippen molar-refractivity contribution < 1.29 is 5.11 Å². The van der Waals surface area contributed by atoms with Crippen LogP contribution in [0.5, 0.6) is 5.75 Å². The molecule has 1 aromatic carbocycles. The number of benzene rings is 1. The second-order valence-corrected chi connectivity index (χ2v) is 2.67. The van der Waals surface area contributed by atoms with Gasteiger partial charge in [0.05, 0.1) is 5.52 Å². The molecule has 2 nitrogen and oxygen atoms in total. The van der Waals surface area contributed by atoms with Crippen molar-refractivity contribution in [3.05, 3.63) is 30.5 Å². The molecule has 64 valence electrons. The van der Waals surface area contributed by atoms with Crippen LogP contribution >= 0.6 is 12.4 Å². The van der Waals surface area contributed by atoms with Crippen molar-refractivity contribution in [1.82, 2.24) is 4.57 Å². The highest BCUT2D eigenvalue weighted by molar-refractivity contribution is 5.85. The fraction of sp³-hybridized carbons (Fsp3) is 0.111. The van der Waals surface area contributed by atoms with Gasteiger partial charge in [-0.1, -0.05) is 0 Å².